The number of hydrogen-bond acceptors (Lipinski definition) is 4. The third-order valence-corrected chi connectivity index (χ3v) is 5.58. The van der Waals surface area contributed by atoms with E-state index in [-0.39, 0.29) is 5.91 Å². The number of fused-ring (bicyclic) bond motifs is 1. The number of ether oxygens (including phenoxy) is 1. The lowest BCUT2D eigenvalue weighted by Gasteiger charge is -2.37. The van der Waals surface area contributed by atoms with Crippen LogP contribution in [0.5, 0.6) is 5.75 Å². The highest BCUT2D eigenvalue weighted by molar-refractivity contribution is 5.96. The number of methoxy groups -OCH3 is 1. The maximum absolute atomic E-state index is 12.9. The summed E-state index contributed by atoms with van der Waals surface area (Å²) in [5.41, 5.74) is 3.61. The van der Waals surface area contributed by atoms with E-state index < -0.39 is 0 Å². The molecule has 2 heterocycles. The molecule has 0 unspecified atom stereocenters. The number of piperazine rings is 1. The Morgan fingerprint density at radius 3 is 2.44 bits per heavy atom. The maximum atomic E-state index is 12.9. The normalized spacial score (nSPS) is 17.5. The molecule has 0 N–H and O–H groups in total. The number of rotatable bonds is 4. The minimum atomic E-state index is 0.222. The van der Waals surface area contributed by atoms with Crippen molar-refractivity contribution in [2.45, 2.75) is 12.8 Å². The molecule has 2 aromatic carbocycles. The quantitative estimate of drug-likeness (QED) is 0.835. The molecule has 2 aliphatic heterocycles. The van der Waals surface area contributed by atoms with Gasteiger partial charge in [-0.1, -0.05) is 18.2 Å². The van der Waals surface area contributed by atoms with Gasteiger partial charge in [0.2, 0.25) is 5.91 Å². The van der Waals surface area contributed by atoms with Crippen molar-refractivity contribution < 1.29 is 9.53 Å². The van der Waals surface area contributed by atoms with Crippen molar-refractivity contribution >= 4 is 17.3 Å². The Bertz CT molecular complexity index is 782. The predicted octanol–water partition coefficient (Wildman–Crippen LogP) is 2.80. The van der Waals surface area contributed by atoms with Gasteiger partial charge in [0, 0.05) is 44.1 Å². The summed E-state index contributed by atoms with van der Waals surface area (Å²) in [4.78, 5) is 19.5. The van der Waals surface area contributed by atoms with Crippen molar-refractivity contribution in [1.29, 1.82) is 0 Å². The third-order valence-electron chi connectivity index (χ3n) is 5.58. The maximum Gasteiger partial charge on any atom is 0.241 e. The number of anilines is 2. The molecule has 2 aromatic rings. The summed E-state index contributed by atoms with van der Waals surface area (Å²) in [7, 11) is 1.69. The summed E-state index contributed by atoms with van der Waals surface area (Å²) < 4.78 is 5.23. The molecule has 0 radical (unpaired) electrons. The van der Waals surface area contributed by atoms with Crippen LogP contribution in [0, 0.1) is 0 Å². The highest BCUT2D eigenvalue weighted by Crippen LogP contribution is 2.27. The number of carbonyl (C=O) groups is 1. The number of nitrogens with zero attached hydrogens (tertiary/aromatic N) is 3. The van der Waals surface area contributed by atoms with Gasteiger partial charge in [0.25, 0.3) is 0 Å². The summed E-state index contributed by atoms with van der Waals surface area (Å²) in [6, 6.07) is 16.5. The number of carbonyl (C=O) groups excluding carboxylic acids is 1. The van der Waals surface area contributed by atoms with Gasteiger partial charge in [-0.25, -0.2) is 0 Å². The molecule has 2 aliphatic rings. The standard InChI is InChI=1S/C22H27N3O2/c1-27-20-10-8-19(9-11-20)24-15-13-23(14-16-24)17-22(26)25-12-4-6-18-5-2-3-7-21(18)25/h2-3,5,7-11H,4,6,12-17H2,1H3. The Morgan fingerprint density at radius 2 is 1.70 bits per heavy atom. The zero-order valence-electron chi connectivity index (χ0n) is 15.9. The zero-order chi connectivity index (χ0) is 18.6. The first kappa shape index (κ1) is 17.9. The van der Waals surface area contributed by atoms with Gasteiger partial charge in [-0.05, 0) is 48.7 Å². The fourth-order valence-corrected chi connectivity index (χ4v) is 4.03. The minimum Gasteiger partial charge on any atom is -0.497 e. The van der Waals surface area contributed by atoms with Crippen LogP contribution in [0.15, 0.2) is 48.5 Å². The van der Waals surface area contributed by atoms with E-state index in [1.54, 1.807) is 7.11 Å². The molecule has 4 rings (SSSR count). The Hall–Kier alpha value is -2.53. The van der Waals surface area contributed by atoms with E-state index in [4.69, 9.17) is 4.74 Å². The summed E-state index contributed by atoms with van der Waals surface area (Å²) in [5.74, 6) is 1.10. The second-order valence-corrected chi connectivity index (χ2v) is 7.24. The fourth-order valence-electron chi connectivity index (χ4n) is 4.03. The molecule has 0 aliphatic carbocycles. The molecular formula is C22H27N3O2. The van der Waals surface area contributed by atoms with Crippen LogP contribution in [-0.4, -0.2) is 57.2 Å². The molecule has 1 saturated heterocycles. The van der Waals surface area contributed by atoms with Crippen molar-refractivity contribution in [3.8, 4) is 5.75 Å². The van der Waals surface area contributed by atoms with Crippen LogP contribution in [0.3, 0.4) is 0 Å². The van der Waals surface area contributed by atoms with Crippen LogP contribution in [0.2, 0.25) is 0 Å². The number of aryl methyl sites for hydroxylation is 1. The average molecular weight is 365 g/mol. The van der Waals surface area contributed by atoms with Crippen LogP contribution < -0.4 is 14.5 Å². The van der Waals surface area contributed by atoms with Crippen molar-refractivity contribution in [1.82, 2.24) is 4.90 Å². The molecule has 5 heteroatoms. The Balaban J connectivity index is 1.33. The van der Waals surface area contributed by atoms with Gasteiger partial charge in [-0.3, -0.25) is 9.69 Å². The van der Waals surface area contributed by atoms with Crippen LogP contribution in [-0.2, 0) is 11.2 Å². The number of benzene rings is 2. The Kier molecular flexibility index (Phi) is 5.30. The lowest BCUT2D eigenvalue weighted by molar-refractivity contribution is -0.119. The third kappa shape index (κ3) is 3.93. The number of hydrogen-bond donors (Lipinski definition) is 0. The van der Waals surface area contributed by atoms with Crippen LogP contribution in [0.4, 0.5) is 11.4 Å². The fraction of sp³-hybridized carbons (Fsp3) is 0.409. The van der Waals surface area contributed by atoms with Gasteiger partial charge >= 0.3 is 0 Å². The predicted molar refractivity (Wildman–Crippen MR) is 109 cm³/mol. The second kappa shape index (κ2) is 8.01. The van der Waals surface area contributed by atoms with E-state index in [9.17, 15) is 4.79 Å². The number of amides is 1. The van der Waals surface area contributed by atoms with Crippen LogP contribution >= 0.6 is 0 Å². The highest BCUT2D eigenvalue weighted by atomic mass is 16.5. The van der Waals surface area contributed by atoms with Gasteiger partial charge in [-0.15, -0.1) is 0 Å². The van der Waals surface area contributed by atoms with Crippen molar-refractivity contribution in [3.63, 3.8) is 0 Å². The van der Waals surface area contributed by atoms with Crippen LogP contribution in [0.25, 0.3) is 0 Å². The summed E-state index contributed by atoms with van der Waals surface area (Å²) in [6.45, 7) is 5.04. The Morgan fingerprint density at radius 1 is 0.963 bits per heavy atom. The SMILES string of the molecule is COc1ccc(N2CCN(CC(=O)N3CCCc4ccccc43)CC2)cc1. The molecular weight excluding hydrogens is 338 g/mol. The van der Waals surface area contributed by atoms with Crippen molar-refractivity contribution in [2.24, 2.45) is 0 Å². The average Bonchev–Trinajstić information content (AvgIpc) is 2.74. The minimum absolute atomic E-state index is 0.222. The van der Waals surface area contributed by atoms with E-state index in [2.05, 4.69) is 40.1 Å². The molecule has 1 fully saturated rings. The molecule has 0 spiro atoms. The first-order valence-corrected chi connectivity index (χ1v) is 9.74. The molecule has 27 heavy (non-hydrogen) atoms. The van der Waals surface area contributed by atoms with Gasteiger partial charge in [0.05, 0.1) is 13.7 Å². The first-order chi connectivity index (χ1) is 13.2. The Labute approximate surface area is 161 Å². The summed E-state index contributed by atoms with van der Waals surface area (Å²) >= 11 is 0. The van der Waals surface area contributed by atoms with Crippen molar-refractivity contribution in [3.05, 3.63) is 54.1 Å². The van der Waals surface area contributed by atoms with Crippen molar-refractivity contribution in [2.75, 3.05) is 56.2 Å². The molecule has 0 atom stereocenters. The molecule has 5 nitrogen and oxygen atoms in total. The van der Waals surface area contributed by atoms with Gasteiger partial charge in [0.1, 0.15) is 5.75 Å². The zero-order valence-corrected chi connectivity index (χ0v) is 15.9. The van der Waals surface area contributed by atoms with E-state index in [0.717, 1.165) is 57.0 Å². The molecule has 0 bridgehead atoms. The van der Waals surface area contributed by atoms with E-state index in [1.807, 2.05) is 23.1 Å². The molecule has 0 aromatic heterocycles. The monoisotopic (exact) mass is 365 g/mol. The summed E-state index contributed by atoms with van der Waals surface area (Å²) in [6.07, 6.45) is 2.12. The molecule has 1 amide bonds. The van der Waals surface area contributed by atoms with Gasteiger partial charge in [-0.2, -0.15) is 0 Å². The lowest BCUT2D eigenvalue weighted by Crippen LogP contribution is -2.50. The van der Waals surface area contributed by atoms with Gasteiger partial charge in [0.15, 0.2) is 0 Å². The van der Waals surface area contributed by atoms with E-state index in [0.29, 0.717) is 6.54 Å². The lowest BCUT2D eigenvalue weighted by atomic mass is 10.0. The highest BCUT2D eigenvalue weighted by Gasteiger charge is 2.25. The second-order valence-electron chi connectivity index (χ2n) is 7.24. The smallest absolute Gasteiger partial charge is 0.241 e. The van der Waals surface area contributed by atoms with E-state index >= 15 is 0 Å². The largest absolute Gasteiger partial charge is 0.497 e. The number of para-hydroxylation sites is 1. The molecule has 142 valence electrons. The topological polar surface area (TPSA) is 36.0 Å². The van der Waals surface area contributed by atoms with Gasteiger partial charge < -0.3 is 14.5 Å². The first-order valence-electron chi connectivity index (χ1n) is 9.74. The van der Waals surface area contributed by atoms with E-state index in [1.165, 1.54) is 11.3 Å². The van der Waals surface area contributed by atoms with Crippen LogP contribution in [0.1, 0.15) is 12.0 Å². The molecule has 0 saturated carbocycles. The summed E-state index contributed by atoms with van der Waals surface area (Å²) in [5, 5.41) is 0.